The van der Waals surface area contributed by atoms with Crippen LogP contribution in [0.2, 0.25) is 0 Å². The highest BCUT2D eigenvalue weighted by molar-refractivity contribution is 5.81. The first-order chi connectivity index (χ1) is 14.1. The highest BCUT2D eigenvalue weighted by atomic mass is 19.2. The molecule has 1 fully saturated rings. The first-order valence-corrected chi connectivity index (χ1v) is 8.97. The van der Waals surface area contributed by atoms with Gasteiger partial charge >= 0.3 is 11.9 Å². The van der Waals surface area contributed by atoms with Gasteiger partial charge in [-0.05, 0) is 0 Å². The lowest BCUT2D eigenvalue weighted by atomic mass is 9.76. The smallest absolute Gasteiger partial charge is 0.306 e. The summed E-state index contributed by atoms with van der Waals surface area (Å²) in [5.41, 5.74) is 3.52. The normalized spacial score (nSPS) is 29.4. The van der Waals surface area contributed by atoms with Gasteiger partial charge in [0.05, 0.1) is 18.2 Å². The molecular formula is C18H20FN5O6. The van der Waals surface area contributed by atoms with Crippen LogP contribution >= 0.6 is 0 Å². The van der Waals surface area contributed by atoms with E-state index in [1.165, 1.54) is 13.8 Å². The molecule has 11 nitrogen and oxygen atoms in total. The molecule has 30 heavy (non-hydrogen) atoms. The first kappa shape index (κ1) is 21.4. The van der Waals surface area contributed by atoms with Crippen LogP contribution in [0.3, 0.4) is 0 Å². The van der Waals surface area contributed by atoms with Crippen molar-refractivity contribution >= 4 is 28.9 Å². The summed E-state index contributed by atoms with van der Waals surface area (Å²) < 4.78 is 27.4. The zero-order valence-electron chi connectivity index (χ0n) is 16.1. The fourth-order valence-electron chi connectivity index (χ4n) is 3.60. The molecule has 4 N–H and O–H groups in total. The second-order valence-electron chi connectivity index (χ2n) is 6.93. The monoisotopic (exact) mass is 421 g/mol. The van der Waals surface area contributed by atoms with Crippen LogP contribution in [-0.2, 0) is 19.1 Å². The Morgan fingerprint density at radius 3 is 2.80 bits per heavy atom. The number of carboxylic acids is 1. The minimum absolute atomic E-state index is 0.0276. The second-order valence-corrected chi connectivity index (χ2v) is 6.93. The number of nitrogens with zero attached hydrogens (tertiary/aromatic N) is 4. The maximum Gasteiger partial charge on any atom is 0.306 e. The number of nitrogen functional groups attached to an aromatic ring is 1. The standard InChI is InChI=1S/C18H20FN5O6/c1-4-10(25)29-6-18(19)12(9(3)15(26)27)17(28,5-2)16(30-18)24-8-23-11-13(20)21-7-22-14(11)24/h2,7-9,12,16,28H,4,6H2,1,3H3,(H,26,27)(H2,20,21,22)/t9-,12-,16+,17-,18?/m0/s1. The van der Waals surface area contributed by atoms with Gasteiger partial charge in [-0.25, -0.2) is 19.3 Å². The van der Waals surface area contributed by atoms with E-state index in [2.05, 4.69) is 20.9 Å². The fourth-order valence-corrected chi connectivity index (χ4v) is 3.60. The Kier molecular flexibility index (Phi) is 5.36. The number of halogens is 1. The van der Waals surface area contributed by atoms with Crippen molar-refractivity contribution in [1.82, 2.24) is 19.5 Å². The Morgan fingerprint density at radius 1 is 1.50 bits per heavy atom. The number of carboxylic acid groups (broad SMARTS) is 1. The van der Waals surface area contributed by atoms with Crippen molar-refractivity contribution in [3.63, 3.8) is 0 Å². The van der Waals surface area contributed by atoms with Crippen LogP contribution in [-0.4, -0.2) is 59.7 Å². The van der Waals surface area contributed by atoms with Crippen LogP contribution in [0, 0.1) is 24.2 Å². The van der Waals surface area contributed by atoms with Gasteiger partial charge < -0.3 is 25.4 Å². The number of imidazole rings is 1. The Labute approximate surface area is 170 Å². The first-order valence-electron chi connectivity index (χ1n) is 8.97. The number of carbonyl (C=O) groups excluding carboxylic acids is 1. The predicted octanol–water partition coefficient (Wildman–Crippen LogP) is 0.258. The summed E-state index contributed by atoms with van der Waals surface area (Å²) in [6.07, 6.45) is 6.14. The van der Waals surface area contributed by atoms with Crippen LogP contribution in [0.1, 0.15) is 26.5 Å². The van der Waals surface area contributed by atoms with E-state index in [1.807, 2.05) is 0 Å². The number of alkyl halides is 1. The molecule has 5 atom stereocenters. The van der Waals surface area contributed by atoms with E-state index in [4.69, 9.17) is 21.6 Å². The Balaban J connectivity index is 2.14. The predicted molar refractivity (Wildman–Crippen MR) is 99.0 cm³/mol. The van der Waals surface area contributed by atoms with Gasteiger partial charge in [0, 0.05) is 6.42 Å². The molecule has 1 saturated heterocycles. The molecular weight excluding hydrogens is 401 g/mol. The van der Waals surface area contributed by atoms with Crippen molar-refractivity contribution in [3.05, 3.63) is 12.7 Å². The van der Waals surface area contributed by atoms with Crippen LogP contribution in [0.4, 0.5) is 10.2 Å². The summed E-state index contributed by atoms with van der Waals surface area (Å²) in [6, 6.07) is 0. The summed E-state index contributed by atoms with van der Waals surface area (Å²) in [5, 5.41) is 20.8. The van der Waals surface area contributed by atoms with E-state index < -0.39 is 48.1 Å². The molecule has 3 heterocycles. The molecule has 0 spiro atoms. The highest BCUT2D eigenvalue weighted by Crippen LogP contribution is 2.53. The number of terminal acetylenes is 1. The number of anilines is 1. The lowest BCUT2D eigenvalue weighted by molar-refractivity contribution is -0.211. The van der Waals surface area contributed by atoms with Gasteiger partial charge in [0.15, 0.2) is 29.9 Å². The zero-order valence-corrected chi connectivity index (χ0v) is 16.1. The minimum Gasteiger partial charge on any atom is -0.481 e. The molecule has 0 amide bonds. The van der Waals surface area contributed by atoms with Gasteiger partial charge in [0.25, 0.3) is 5.85 Å². The van der Waals surface area contributed by atoms with E-state index in [1.54, 1.807) is 0 Å². The SMILES string of the molecule is C#C[C@]1(O)[C@H]([C@H](C)C(=O)O)C(F)(COC(=O)CC)O[C@H]1n1cnc2c(N)ncnc21. The molecule has 0 saturated carbocycles. The summed E-state index contributed by atoms with van der Waals surface area (Å²) in [5.74, 6) is -6.28. The number of aliphatic carboxylic acids is 1. The number of aliphatic hydroxyl groups is 1. The molecule has 0 bridgehead atoms. The Hall–Kier alpha value is -3.30. The molecule has 0 radical (unpaired) electrons. The summed E-state index contributed by atoms with van der Waals surface area (Å²) in [4.78, 5) is 35.1. The number of hydrogen-bond donors (Lipinski definition) is 3. The quantitative estimate of drug-likeness (QED) is 0.435. The van der Waals surface area contributed by atoms with Gasteiger partial charge in [-0.15, -0.1) is 6.42 Å². The number of carbonyl (C=O) groups is 2. The average Bonchev–Trinajstić information content (AvgIpc) is 3.24. The summed E-state index contributed by atoms with van der Waals surface area (Å²) >= 11 is 0. The van der Waals surface area contributed by atoms with Crippen molar-refractivity contribution in [3.8, 4) is 12.3 Å². The van der Waals surface area contributed by atoms with Crippen LogP contribution in [0.15, 0.2) is 12.7 Å². The fraction of sp³-hybridized carbons (Fsp3) is 0.500. The minimum atomic E-state index is -2.91. The zero-order chi connectivity index (χ0) is 22.3. The molecule has 1 unspecified atom stereocenters. The maximum atomic E-state index is 16.0. The van der Waals surface area contributed by atoms with Crippen molar-refractivity contribution in [2.45, 2.75) is 38.0 Å². The molecule has 0 aromatic carbocycles. The summed E-state index contributed by atoms with van der Waals surface area (Å²) in [6.45, 7) is 1.71. The van der Waals surface area contributed by atoms with Crippen LogP contribution in [0.25, 0.3) is 11.2 Å². The van der Waals surface area contributed by atoms with Crippen molar-refractivity contribution in [1.29, 1.82) is 0 Å². The van der Waals surface area contributed by atoms with Gasteiger partial charge in [0.2, 0.25) is 0 Å². The van der Waals surface area contributed by atoms with Gasteiger partial charge in [-0.1, -0.05) is 19.8 Å². The second kappa shape index (κ2) is 7.51. The van der Waals surface area contributed by atoms with E-state index in [-0.39, 0.29) is 23.4 Å². The lowest BCUT2D eigenvalue weighted by Gasteiger charge is -2.33. The number of fused-ring (bicyclic) bond motifs is 1. The van der Waals surface area contributed by atoms with Crippen LogP contribution < -0.4 is 5.73 Å². The Morgan fingerprint density at radius 2 is 2.20 bits per heavy atom. The van der Waals surface area contributed by atoms with Crippen molar-refractivity contribution in [2.24, 2.45) is 11.8 Å². The lowest BCUT2D eigenvalue weighted by Crippen LogP contribution is -2.50. The van der Waals surface area contributed by atoms with Gasteiger partial charge in [0.1, 0.15) is 11.8 Å². The number of aromatic nitrogens is 4. The molecule has 2 aromatic rings. The van der Waals surface area contributed by atoms with E-state index >= 15 is 4.39 Å². The van der Waals surface area contributed by atoms with Crippen LogP contribution in [0.5, 0.6) is 0 Å². The highest BCUT2D eigenvalue weighted by Gasteiger charge is 2.68. The maximum absolute atomic E-state index is 16.0. The third-order valence-corrected chi connectivity index (χ3v) is 5.10. The van der Waals surface area contributed by atoms with E-state index in [0.29, 0.717) is 0 Å². The molecule has 2 aromatic heterocycles. The third kappa shape index (κ3) is 3.21. The molecule has 160 valence electrons. The number of nitrogens with two attached hydrogens (primary N) is 1. The Bertz CT molecular complexity index is 1040. The molecule has 12 heteroatoms. The van der Waals surface area contributed by atoms with Crippen molar-refractivity contribution in [2.75, 3.05) is 12.3 Å². The van der Waals surface area contributed by atoms with Gasteiger partial charge in [-0.3, -0.25) is 14.2 Å². The summed E-state index contributed by atoms with van der Waals surface area (Å²) in [7, 11) is 0. The molecule has 0 aliphatic carbocycles. The topological polar surface area (TPSA) is 163 Å². The van der Waals surface area contributed by atoms with E-state index in [0.717, 1.165) is 17.2 Å². The van der Waals surface area contributed by atoms with Crippen molar-refractivity contribution < 1.29 is 33.7 Å². The molecule has 3 rings (SSSR count). The number of hydrogen-bond acceptors (Lipinski definition) is 9. The van der Waals surface area contributed by atoms with Gasteiger partial charge in [-0.2, -0.15) is 0 Å². The van der Waals surface area contributed by atoms with E-state index in [9.17, 15) is 19.8 Å². The number of rotatable bonds is 6. The number of esters is 1. The third-order valence-electron chi connectivity index (χ3n) is 5.10. The largest absolute Gasteiger partial charge is 0.481 e. The molecule has 1 aliphatic heterocycles. The molecule has 1 aliphatic rings. The average molecular weight is 421 g/mol. The number of ether oxygens (including phenoxy) is 2.